The zero-order valence-corrected chi connectivity index (χ0v) is 10.8. The van der Waals surface area contributed by atoms with Crippen LogP contribution in [0.5, 0.6) is 0 Å². The Kier molecular flexibility index (Phi) is 4.30. The Hall–Kier alpha value is -1.43. The second-order valence-electron chi connectivity index (χ2n) is 4.42. The predicted octanol–water partition coefficient (Wildman–Crippen LogP) is 1.66. The van der Waals surface area contributed by atoms with E-state index in [2.05, 4.69) is 22.2 Å². The lowest BCUT2D eigenvalue weighted by atomic mass is 10.2. The number of aromatic nitrogens is 2. The fourth-order valence-corrected chi connectivity index (χ4v) is 1.93. The molecule has 0 aliphatic carbocycles. The van der Waals surface area contributed by atoms with E-state index in [0.717, 1.165) is 26.0 Å². The predicted molar refractivity (Wildman–Crippen MR) is 68.4 cm³/mol. The molecule has 1 fully saturated rings. The number of halogens is 1. The van der Waals surface area contributed by atoms with Crippen LogP contribution in [0.25, 0.3) is 0 Å². The van der Waals surface area contributed by atoms with E-state index in [9.17, 15) is 4.39 Å². The molecule has 1 aliphatic rings. The van der Waals surface area contributed by atoms with Gasteiger partial charge in [-0.2, -0.15) is 4.98 Å². The summed E-state index contributed by atoms with van der Waals surface area (Å²) in [6.07, 6.45) is 3.09. The normalized spacial score (nSPS) is 18.9. The van der Waals surface area contributed by atoms with Crippen LogP contribution in [0.3, 0.4) is 0 Å². The molecule has 0 aromatic carbocycles. The van der Waals surface area contributed by atoms with Crippen molar-refractivity contribution in [1.82, 2.24) is 9.97 Å². The molecule has 1 atom stereocenters. The molecule has 1 N–H and O–H groups in total. The molecule has 18 heavy (non-hydrogen) atoms. The van der Waals surface area contributed by atoms with Crippen molar-refractivity contribution in [1.29, 1.82) is 0 Å². The monoisotopic (exact) mass is 254 g/mol. The van der Waals surface area contributed by atoms with Gasteiger partial charge in [0.1, 0.15) is 0 Å². The summed E-state index contributed by atoms with van der Waals surface area (Å²) in [6, 6.07) is 0.188. The molecule has 0 amide bonds. The minimum absolute atomic E-state index is 0.188. The van der Waals surface area contributed by atoms with Crippen LogP contribution in [0.4, 0.5) is 16.2 Å². The first-order chi connectivity index (χ1) is 8.72. The molecule has 2 rings (SSSR count). The zero-order valence-electron chi connectivity index (χ0n) is 10.8. The van der Waals surface area contributed by atoms with E-state index < -0.39 is 5.82 Å². The van der Waals surface area contributed by atoms with Crippen molar-refractivity contribution in [3.8, 4) is 0 Å². The molecule has 1 saturated heterocycles. The van der Waals surface area contributed by atoms with Gasteiger partial charge in [-0.25, -0.2) is 9.37 Å². The standard InChI is InChI=1S/C12H19FN4O/c1-3-5-14-12-15-7-10(13)11(16-12)17(2)9-4-6-18-8-9/h7,9H,3-6,8H2,1-2H3,(H,14,15,16). The molecule has 6 heteroatoms. The molecule has 0 bridgehead atoms. The number of nitrogens with zero attached hydrogens (tertiary/aromatic N) is 3. The minimum Gasteiger partial charge on any atom is -0.379 e. The van der Waals surface area contributed by atoms with Crippen LogP contribution in [-0.4, -0.2) is 42.8 Å². The summed E-state index contributed by atoms with van der Waals surface area (Å²) in [4.78, 5) is 9.99. The van der Waals surface area contributed by atoms with Gasteiger partial charge in [-0.15, -0.1) is 0 Å². The van der Waals surface area contributed by atoms with Gasteiger partial charge in [0.25, 0.3) is 0 Å². The molecular weight excluding hydrogens is 235 g/mol. The van der Waals surface area contributed by atoms with Gasteiger partial charge >= 0.3 is 0 Å². The molecule has 0 radical (unpaired) electrons. The SMILES string of the molecule is CCCNc1ncc(F)c(N(C)C2CCOC2)n1. The zero-order chi connectivity index (χ0) is 13.0. The number of ether oxygens (including phenoxy) is 1. The summed E-state index contributed by atoms with van der Waals surface area (Å²) < 4.78 is 19.1. The lowest BCUT2D eigenvalue weighted by Gasteiger charge is -2.24. The second kappa shape index (κ2) is 5.95. The van der Waals surface area contributed by atoms with Gasteiger partial charge in [0.2, 0.25) is 5.95 Å². The highest BCUT2D eigenvalue weighted by Gasteiger charge is 2.24. The number of rotatable bonds is 5. The third-order valence-corrected chi connectivity index (χ3v) is 3.05. The number of hydrogen-bond donors (Lipinski definition) is 1. The van der Waals surface area contributed by atoms with E-state index in [1.165, 1.54) is 6.20 Å². The van der Waals surface area contributed by atoms with Crippen LogP contribution in [0.1, 0.15) is 19.8 Å². The third-order valence-electron chi connectivity index (χ3n) is 3.05. The average Bonchev–Trinajstić information content (AvgIpc) is 2.91. The molecule has 0 saturated carbocycles. The van der Waals surface area contributed by atoms with Gasteiger partial charge in [-0.05, 0) is 12.8 Å². The molecule has 1 aromatic heterocycles. The molecule has 5 nitrogen and oxygen atoms in total. The molecular formula is C12H19FN4O. The first kappa shape index (κ1) is 13.0. The quantitative estimate of drug-likeness (QED) is 0.866. The maximum Gasteiger partial charge on any atom is 0.224 e. The Morgan fingerprint density at radius 1 is 1.61 bits per heavy atom. The van der Waals surface area contributed by atoms with Crippen molar-refractivity contribution in [2.75, 3.05) is 37.0 Å². The van der Waals surface area contributed by atoms with Gasteiger partial charge in [-0.1, -0.05) is 6.92 Å². The Morgan fingerprint density at radius 3 is 3.11 bits per heavy atom. The van der Waals surface area contributed by atoms with Gasteiger partial charge in [0, 0.05) is 20.2 Å². The molecule has 1 aromatic rings. The largest absolute Gasteiger partial charge is 0.379 e. The van der Waals surface area contributed by atoms with Crippen LogP contribution in [0.2, 0.25) is 0 Å². The van der Waals surface area contributed by atoms with Crippen LogP contribution in [-0.2, 0) is 4.74 Å². The van der Waals surface area contributed by atoms with Crippen LogP contribution in [0, 0.1) is 5.82 Å². The highest BCUT2D eigenvalue weighted by Crippen LogP contribution is 2.21. The summed E-state index contributed by atoms with van der Waals surface area (Å²) >= 11 is 0. The van der Waals surface area contributed by atoms with Crippen LogP contribution >= 0.6 is 0 Å². The van der Waals surface area contributed by atoms with Crippen molar-refractivity contribution < 1.29 is 9.13 Å². The Bertz CT molecular complexity index is 396. The molecule has 1 aliphatic heterocycles. The molecule has 100 valence electrons. The van der Waals surface area contributed by atoms with Gasteiger partial charge in [0.05, 0.1) is 18.8 Å². The van der Waals surface area contributed by atoms with Crippen molar-refractivity contribution in [3.63, 3.8) is 0 Å². The van der Waals surface area contributed by atoms with Crippen LogP contribution in [0.15, 0.2) is 6.20 Å². The second-order valence-corrected chi connectivity index (χ2v) is 4.42. The van der Waals surface area contributed by atoms with Gasteiger partial charge in [-0.3, -0.25) is 0 Å². The van der Waals surface area contributed by atoms with E-state index in [0.29, 0.717) is 18.4 Å². The molecule has 0 spiro atoms. The van der Waals surface area contributed by atoms with Gasteiger partial charge < -0.3 is 15.0 Å². The topological polar surface area (TPSA) is 50.3 Å². The number of nitrogens with one attached hydrogen (secondary N) is 1. The summed E-state index contributed by atoms with van der Waals surface area (Å²) in [7, 11) is 1.84. The number of hydrogen-bond acceptors (Lipinski definition) is 5. The van der Waals surface area contributed by atoms with E-state index in [1.54, 1.807) is 0 Å². The van der Waals surface area contributed by atoms with E-state index in [4.69, 9.17) is 4.74 Å². The maximum atomic E-state index is 13.8. The smallest absolute Gasteiger partial charge is 0.224 e. The van der Waals surface area contributed by atoms with E-state index >= 15 is 0 Å². The fraction of sp³-hybridized carbons (Fsp3) is 0.667. The average molecular weight is 254 g/mol. The Labute approximate surface area is 106 Å². The van der Waals surface area contributed by atoms with Crippen LogP contribution < -0.4 is 10.2 Å². The maximum absolute atomic E-state index is 13.8. The number of likely N-dealkylation sites (N-methyl/N-ethyl adjacent to an activating group) is 1. The first-order valence-corrected chi connectivity index (χ1v) is 6.29. The molecule has 2 heterocycles. The summed E-state index contributed by atoms with van der Waals surface area (Å²) in [5, 5.41) is 3.06. The van der Waals surface area contributed by atoms with Crippen molar-refractivity contribution in [3.05, 3.63) is 12.0 Å². The molecule has 1 unspecified atom stereocenters. The van der Waals surface area contributed by atoms with E-state index in [1.807, 2.05) is 11.9 Å². The Morgan fingerprint density at radius 2 is 2.44 bits per heavy atom. The fourth-order valence-electron chi connectivity index (χ4n) is 1.93. The first-order valence-electron chi connectivity index (χ1n) is 6.29. The van der Waals surface area contributed by atoms with Gasteiger partial charge in [0.15, 0.2) is 11.6 Å². The highest BCUT2D eigenvalue weighted by molar-refractivity contribution is 5.44. The summed E-state index contributed by atoms with van der Waals surface area (Å²) in [5.41, 5.74) is 0. The lowest BCUT2D eigenvalue weighted by molar-refractivity contribution is 0.193. The summed E-state index contributed by atoms with van der Waals surface area (Å²) in [6.45, 7) is 4.18. The highest BCUT2D eigenvalue weighted by atomic mass is 19.1. The van der Waals surface area contributed by atoms with Crippen molar-refractivity contribution in [2.24, 2.45) is 0 Å². The third kappa shape index (κ3) is 2.87. The lowest BCUT2D eigenvalue weighted by Crippen LogP contribution is -2.33. The van der Waals surface area contributed by atoms with E-state index in [-0.39, 0.29) is 6.04 Å². The Balaban J connectivity index is 2.14. The van der Waals surface area contributed by atoms with Crippen molar-refractivity contribution in [2.45, 2.75) is 25.8 Å². The summed E-state index contributed by atoms with van der Waals surface area (Å²) in [5.74, 6) is 0.407. The number of anilines is 2. The van der Waals surface area contributed by atoms with Crippen molar-refractivity contribution >= 4 is 11.8 Å². The minimum atomic E-state index is -0.397.